The van der Waals surface area contributed by atoms with Crippen LogP contribution in [0.15, 0.2) is 42.5 Å². The van der Waals surface area contributed by atoms with E-state index in [1.807, 2.05) is 13.8 Å². The molecule has 1 atom stereocenters. The Hall–Kier alpha value is -1.71. The molecule has 0 bridgehead atoms. The van der Waals surface area contributed by atoms with Crippen molar-refractivity contribution in [3.63, 3.8) is 0 Å². The van der Waals surface area contributed by atoms with Crippen LogP contribution in [0.1, 0.15) is 18.9 Å². The monoisotopic (exact) mass is 337 g/mol. The molecule has 0 heterocycles. The summed E-state index contributed by atoms with van der Waals surface area (Å²) in [5, 5.41) is 4.08. The molecule has 0 spiro atoms. The Labute approximate surface area is 140 Å². The second-order valence-electron chi connectivity index (χ2n) is 4.92. The number of ether oxygens (including phenoxy) is 1. The van der Waals surface area contributed by atoms with Gasteiger partial charge in [0.05, 0.1) is 0 Å². The van der Waals surface area contributed by atoms with E-state index in [-0.39, 0.29) is 5.91 Å². The molecule has 22 heavy (non-hydrogen) atoms. The third-order valence-electron chi connectivity index (χ3n) is 3.18. The lowest BCUT2D eigenvalue weighted by molar-refractivity contribution is -0.122. The lowest BCUT2D eigenvalue weighted by Gasteiger charge is -2.18. The quantitative estimate of drug-likeness (QED) is 0.824. The summed E-state index contributed by atoms with van der Waals surface area (Å²) < 4.78 is 5.72. The maximum atomic E-state index is 12.4. The molecule has 3 nitrogen and oxygen atoms in total. The van der Waals surface area contributed by atoms with Crippen LogP contribution >= 0.6 is 23.2 Å². The highest BCUT2D eigenvalue weighted by atomic mass is 35.5. The molecule has 1 amide bonds. The molecule has 0 radical (unpaired) electrons. The number of amides is 1. The lowest BCUT2D eigenvalue weighted by atomic mass is 10.2. The molecular formula is C17H17Cl2NO2. The van der Waals surface area contributed by atoms with Gasteiger partial charge in [-0.3, -0.25) is 4.79 Å². The Morgan fingerprint density at radius 2 is 1.91 bits per heavy atom. The summed E-state index contributed by atoms with van der Waals surface area (Å²) in [6, 6.07) is 12.3. The first-order valence-corrected chi connectivity index (χ1v) is 7.74. The number of carbonyl (C=O) groups excluding carboxylic acids is 1. The van der Waals surface area contributed by atoms with E-state index in [0.29, 0.717) is 22.2 Å². The molecular weight excluding hydrogens is 321 g/mol. The highest BCUT2D eigenvalue weighted by Crippen LogP contribution is 2.22. The highest BCUT2D eigenvalue weighted by molar-refractivity contribution is 6.31. The second kappa shape index (κ2) is 7.52. The number of rotatable bonds is 5. The summed E-state index contributed by atoms with van der Waals surface area (Å²) in [6.45, 7) is 3.78. The summed E-state index contributed by atoms with van der Waals surface area (Å²) in [7, 11) is 0. The van der Waals surface area contributed by atoms with Gasteiger partial charge in [0.15, 0.2) is 6.10 Å². The van der Waals surface area contributed by atoms with E-state index in [1.54, 1.807) is 42.5 Å². The van der Waals surface area contributed by atoms with Crippen molar-refractivity contribution in [2.24, 2.45) is 0 Å². The van der Waals surface area contributed by atoms with Crippen molar-refractivity contribution in [3.05, 3.63) is 58.1 Å². The van der Waals surface area contributed by atoms with Gasteiger partial charge < -0.3 is 10.1 Å². The Kier molecular flexibility index (Phi) is 5.69. The molecule has 2 aromatic rings. The number of carbonyl (C=O) groups is 1. The number of halogens is 2. The molecule has 0 unspecified atom stereocenters. The maximum absolute atomic E-state index is 12.4. The number of aryl methyl sites for hydroxylation is 1. The predicted molar refractivity (Wildman–Crippen MR) is 91.0 cm³/mol. The van der Waals surface area contributed by atoms with E-state index in [1.165, 1.54) is 0 Å². The first-order chi connectivity index (χ1) is 10.5. The van der Waals surface area contributed by atoms with Crippen molar-refractivity contribution in [2.75, 3.05) is 5.32 Å². The van der Waals surface area contributed by atoms with Gasteiger partial charge in [-0.1, -0.05) is 36.2 Å². The lowest BCUT2D eigenvalue weighted by Crippen LogP contribution is -2.32. The number of hydrogen-bond acceptors (Lipinski definition) is 2. The zero-order valence-corrected chi connectivity index (χ0v) is 13.9. The maximum Gasteiger partial charge on any atom is 0.265 e. The van der Waals surface area contributed by atoms with Crippen molar-refractivity contribution in [3.8, 4) is 5.75 Å². The van der Waals surface area contributed by atoms with Crippen molar-refractivity contribution in [2.45, 2.75) is 26.4 Å². The Balaban J connectivity index is 2.08. The van der Waals surface area contributed by atoms with Crippen LogP contribution in [0.5, 0.6) is 5.75 Å². The van der Waals surface area contributed by atoms with Gasteiger partial charge >= 0.3 is 0 Å². The van der Waals surface area contributed by atoms with Gasteiger partial charge in [0.1, 0.15) is 5.75 Å². The van der Waals surface area contributed by atoms with Gasteiger partial charge in [-0.15, -0.1) is 0 Å². The minimum Gasteiger partial charge on any atom is -0.481 e. The van der Waals surface area contributed by atoms with Crippen LogP contribution in [0.4, 0.5) is 5.69 Å². The SMILES string of the molecule is CC[C@@H](Oc1cccc(Cl)c1)C(=O)Nc1ccc(Cl)cc1C. The van der Waals surface area contributed by atoms with Gasteiger partial charge in [0.25, 0.3) is 5.91 Å². The summed E-state index contributed by atoms with van der Waals surface area (Å²) in [4.78, 5) is 12.4. The van der Waals surface area contributed by atoms with Crippen molar-refractivity contribution in [1.82, 2.24) is 0 Å². The summed E-state index contributed by atoms with van der Waals surface area (Å²) in [5.74, 6) is 0.371. The third-order valence-corrected chi connectivity index (χ3v) is 3.65. The Morgan fingerprint density at radius 1 is 1.18 bits per heavy atom. The molecule has 2 aromatic carbocycles. The Morgan fingerprint density at radius 3 is 2.55 bits per heavy atom. The zero-order valence-electron chi connectivity index (χ0n) is 12.4. The van der Waals surface area contributed by atoms with Crippen LogP contribution in [0.3, 0.4) is 0 Å². The van der Waals surface area contributed by atoms with E-state index in [9.17, 15) is 4.79 Å². The number of anilines is 1. The van der Waals surface area contributed by atoms with Crippen LogP contribution in [0, 0.1) is 6.92 Å². The van der Waals surface area contributed by atoms with Crippen LogP contribution in [-0.4, -0.2) is 12.0 Å². The average Bonchev–Trinajstić information content (AvgIpc) is 2.47. The molecule has 0 aromatic heterocycles. The van der Waals surface area contributed by atoms with Gasteiger partial charge in [-0.05, 0) is 55.3 Å². The molecule has 0 fully saturated rings. The van der Waals surface area contributed by atoms with Crippen molar-refractivity contribution < 1.29 is 9.53 Å². The van der Waals surface area contributed by atoms with Crippen LogP contribution in [0.2, 0.25) is 10.0 Å². The van der Waals surface area contributed by atoms with E-state index < -0.39 is 6.10 Å². The number of nitrogens with one attached hydrogen (secondary N) is 1. The summed E-state index contributed by atoms with van der Waals surface area (Å²) >= 11 is 11.8. The number of hydrogen-bond donors (Lipinski definition) is 1. The summed E-state index contributed by atoms with van der Waals surface area (Å²) in [5.41, 5.74) is 1.63. The van der Waals surface area contributed by atoms with Gasteiger partial charge in [0.2, 0.25) is 0 Å². The van der Waals surface area contributed by atoms with Gasteiger partial charge in [-0.2, -0.15) is 0 Å². The first kappa shape index (κ1) is 16.7. The topological polar surface area (TPSA) is 38.3 Å². The molecule has 0 aliphatic carbocycles. The van der Waals surface area contributed by atoms with E-state index in [2.05, 4.69) is 5.32 Å². The second-order valence-corrected chi connectivity index (χ2v) is 5.79. The molecule has 5 heteroatoms. The van der Waals surface area contributed by atoms with Crippen LogP contribution in [0.25, 0.3) is 0 Å². The largest absolute Gasteiger partial charge is 0.481 e. The van der Waals surface area contributed by atoms with Crippen LogP contribution < -0.4 is 10.1 Å². The van der Waals surface area contributed by atoms with Crippen molar-refractivity contribution >= 4 is 34.8 Å². The van der Waals surface area contributed by atoms with E-state index >= 15 is 0 Å². The minimum atomic E-state index is -0.589. The fraction of sp³-hybridized carbons (Fsp3) is 0.235. The highest BCUT2D eigenvalue weighted by Gasteiger charge is 2.19. The fourth-order valence-electron chi connectivity index (χ4n) is 2.01. The fourth-order valence-corrected chi connectivity index (χ4v) is 2.41. The Bertz CT molecular complexity index is 673. The van der Waals surface area contributed by atoms with E-state index in [4.69, 9.17) is 27.9 Å². The summed E-state index contributed by atoms with van der Waals surface area (Å²) in [6.07, 6.45) is -0.0427. The molecule has 0 saturated carbocycles. The van der Waals surface area contributed by atoms with Crippen molar-refractivity contribution in [1.29, 1.82) is 0 Å². The smallest absolute Gasteiger partial charge is 0.265 e. The molecule has 0 saturated heterocycles. The molecule has 2 rings (SSSR count). The molecule has 0 aliphatic heterocycles. The first-order valence-electron chi connectivity index (χ1n) is 6.99. The average molecular weight is 338 g/mol. The molecule has 0 aliphatic rings. The van der Waals surface area contributed by atoms with Crippen LogP contribution in [-0.2, 0) is 4.79 Å². The van der Waals surface area contributed by atoms with Gasteiger partial charge in [-0.25, -0.2) is 0 Å². The zero-order chi connectivity index (χ0) is 16.1. The predicted octanol–water partition coefficient (Wildman–Crippen LogP) is 5.10. The number of benzene rings is 2. The van der Waals surface area contributed by atoms with Gasteiger partial charge in [0, 0.05) is 15.7 Å². The van der Waals surface area contributed by atoms with E-state index in [0.717, 1.165) is 11.3 Å². The normalized spacial score (nSPS) is 11.8. The minimum absolute atomic E-state index is 0.201. The molecule has 1 N–H and O–H groups in total. The molecule has 116 valence electrons. The third kappa shape index (κ3) is 4.39. The standard InChI is InChI=1S/C17H17Cl2NO2/c1-3-16(22-14-6-4-5-12(18)10-14)17(21)20-15-8-7-13(19)9-11(15)2/h4-10,16H,3H2,1-2H3,(H,20,21)/t16-/m1/s1.